The predicted octanol–water partition coefficient (Wildman–Crippen LogP) is 5.19. The largest absolute Gasteiger partial charge is 0.493 e. The third-order valence-corrected chi connectivity index (χ3v) is 6.27. The molecule has 0 saturated heterocycles. The Bertz CT molecular complexity index is 1460. The Morgan fingerprint density at radius 2 is 1.84 bits per heavy atom. The number of carbonyl (C=O) groups is 1. The van der Waals surface area contributed by atoms with Crippen molar-refractivity contribution in [1.29, 1.82) is 0 Å². The van der Waals surface area contributed by atoms with E-state index in [4.69, 9.17) is 26.8 Å². The number of halogens is 6. The van der Waals surface area contributed by atoms with E-state index in [-0.39, 0.29) is 58.9 Å². The molecule has 1 amide bonds. The van der Waals surface area contributed by atoms with E-state index in [1.54, 1.807) is 0 Å². The molecule has 15 heteroatoms. The summed E-state index contributed by atoms with van der Waals surface area (Å²) < 4.78 is 91.7. The number of hydrogen-bond donors (Lipinski definition) is 1. The van der Waals surface area contributed by atoms with E-state index in [1.807, 2.05) is 0 Å². The van der Waals surface area contributed by atoms with Crippen molar-refractivity contribution in [1.82, 2.24) is 9.97 Å². The van der Waals surface area contributed by atoms with Crippen molar-refractivity contribution in [3.8, 4) is 22.8 Å². The first kappa shape index (κ1) is 29.0. The summed E-state index contributed by atoms with van der Waals surface area (Å²) in [5.74, 6) is -4.06. The first-order valence-electron chi connectivity index (χ1n) is 10.7. The van der Waals surface area contributed by atoms with Gasteiger partial charge in [-0.3, -0.25) is 4.79 Å². The summed E-state index contributed by atoms with van der Waals surface area (Å²) in [6.07, 6.45) is -3.15. The molecule has 0 saturated carbocycles. The number of rotatable bonds is 9. The maximum Gasteiger partial charge on any atom is 0.474 e. The van der Waals surface area contributed by atoms with Crippen LogP contribution in [0.1, 0.15) is 12.0 Å². The van der Waals surface area contributed by atoms with Crippen LogP contribution in [0.25, 0.3) is 11.3 Å². The number of nitrogens with zero attached hydrogens (tertiary/aromatic N) is 3. The number of amides is 1. The van der Waals surface area contributed by atoms with Crippen LogP contribution in [0.4, 0.5) is 27.6 Å². The van der Waals surface area contributed by atoms with Crippen LogP contribution >= 0.6 is 11.6 Å². The van der Waals surface area contributed by atoms with Crippen molar-refractivity contribution in [3.05, 3.63) is 65.1 Å². The van der Waals surface area contributed by atoms with Gasteiger partial charge in [0.15, 0.2) is 5.82 Å². The van der Waals surface area contributed by atoms with Crippen molar-refractivity contribution < 1.29 is 40.4 Å². The number of aromatic nitrogens is 2. The molecule has 0 aliphatic heterocycles. The summed E-state index contributed by atoms with van der Waals surface area (Å²) in [6, 6.07) is 7.67. The van der Waals surface area contributed by atoms with Gasteiger partial charge in [0.05, 0.1) is 34.9 Å². The second-order valence-electron chi connectivity index (χ2n) is 7.93. The zero-order valence-electron chi connectivity index (χ0n) is 19.6. The number of ether oxygens (including phenoxy) is 2. The van der Waals surface area contributed by atoms with Crippen molar-refractivity contribution in [3.63, 3.8) is 0 Å². The Balaban J connectivity index is 1.63. The molecule has 0 bridgehead atoms. The average Bonchev–Trinajstić information content (AvgIpc) is 2.79. The Labute approximate surface area is 219 Å². The van der Waals surface area contributed by atoms with Gasteiger partial charge in [-0.25, -0.2) is 23.0 Å². The minimum Gasteiger partial charge on any atom is -0.493 e. The van der Waals surface area contributed by atoms with Crippen LogP contribution in [0.5, 0.6) is 11.5 Å². The van der Waals surface area contributed by atoms with E-state index in [0.717, 1.165) is 24.6 Å². The lowest BCUT2D eigenvalue weighted by atomic mass is 10.1. The van der Waals surface area contributed by atoms with E-state index in [2.05, 4.69) is 14.3 Å². The van der Waals surface area contributed by atoms with Gasteiger partial charge in [0.1, 0.15) is 23.0 Å². The van der Waals surface area contributed by atoms with Crippen LogP contribution in [0.15, 0.2) is 47.0 Å². The quantitative estimate of drug-likeness (QED) is 0.161. The van der Waals surface area contributed by atoms with Gasteiger partial charge in [0, 0.05) is 36.1 Å². The van der Waals surface area contributed by atoms with Gasteiger partial charge < -0.3 is 15.2 Å². The fraction of sp³-hybridized carbons (Fsp3) is 0.261. The van der Waals surface area contributed by atoms with E-state index in [0.29, 0.717) is 0 Å². The van der Waals surface area contributed by atoms with E-state index in [9.17, 15) is 31.0 Å². The third-order valence-electron chi connectivity index (χ3n) is 4.67. The highest BCUT2D eigenvalue weighted by atomic mass is 35.5. The summed E-state index contributed by atoms with van der Waals surface area (Å²) >= 11 is 5.74. The summed E-state index contributed by atoms with van der Waals surface area (Å²) in [4.78, 5) is 18.4. The van der Waals surface area contributed by atoms with Gasteiger partial charge in [0.25, 0.3) is 0 Å². The smallest absolute Gasteiger partial charge is 0.474 e. The highest BCUT2D eigenvalue weighted by molar-refractivity contribution is 7.92. The lowest BCUT2D eigenvalue weighted by Gasteiger charge is -2.13. The Kier molecular flexibility index (Phi) is 9.09. The molecule has 1 atom stereocenters. The lowest BCUT2D eigenvalue weighted by molar-refractivity contribution is -0.169. The van der Waals surface area contributed by atoms with Crippen molar-refractivity contribution >= 4 is 32.9 Å². The molecule has 0 aliphatic rings. The molecule has 8 nitrogen and oxygen atoms in total. The Morgan fingerprint density at radius 3 is 2.55 bits per heavy atom. The highest BCUT2D eigenvalue weighted by Crippen LogP contribution is 2.32. The normalized spacial score (nSPS) is 13.0. The molecule has 2 aromatic carbocycles. The number of hydrogen-bond acceptors (Lipinski definition) is 7. The summed E-state index contributed by atoms with van der Waals surface area (Å²) in [5.41, 5.74) is 6.22. The molecule has 1 heterocycles. The molecule has 1 unspecified atom stereocenters. The highest BCUT2D eigenvalue weighted by Gasteiger charge is 2.39. The maximum absolute atomic E-state index is 14.2. The summed E-state index contributed by atoms with van der Waals surface area (Å²) in [7, 11) is -3.55. The number of anilines is 1. The monoisotopic (exact) mass is 578 g/mol. The Morgan fingerprint density at radius 1 is 1.13 bits per heavy atom. The second-order valence-corrected chi connectivity index (χ2v) is 10.7. The van der Waals surface area contributed by atoms with Crippen LogP contribution in [0.3, 0.4) is 0 Å². The van der Waals surface area contributed by atoms with Crippen LogP contribution in [-0.2, 0) is 20.3 Å². The average molecular weight is 579 g/mol. The zero-order chi connectivity index (χ0) is 28.1. The van der Waals surface area contributed by atoms with E-state index < -0.39 is 39.2 Å². The van der Waals surface area contributed by atoms with Crippen molar-refractivity contribution in [2.75, 3.05) is 25.2 Å². The van der Waals surface area contributed by atoms with Gasteiger partial charge in [-0.1, -0.05) is 0 Å². The number of alkyl halides is 3. The molecule has 0 radical (unpaired) electrons. The Hall–Kier alpha value is -3.52. The molecule has 204 valence electrons. The number of benzene rings is 2. The fourth-order valence-corrected chi connectivity index (χ4v) is 4.64. The first-order chi connectivity index (χ1) is 17.7. The van der Waals surface area contributed by atoms with Crippen LogP contribution < -0.4 is 15.2 Å². The van der Waals surface area contributed by atoms with Crippen LogP contribution in [0, 0.1) is 11.6 Å². The number of carbonyl (C=O) groups excluding carboxylic acids is 1. The number of nitrogens with two attached hydrogens (primary N) is 1. The predicted molar refractivity (Wildman–Crippen MR) is 130 cm³/mol. The SMILES string of the molecule is CS(=O)(Cc1cc(N)cc(OCCCOc2cc(F)ccc2-c2nc(Cl)ncc2F)c1)=NC(=O)C(F)(F)F. The van der Waals surface area contributed by atoms with Gasteiger partial charge >= 0.3 is 12.1 Å². The molecule has 3 aromatic rings. The summed E-state index contributed by atoms with van der Waals surface area (Å²) in [5, 5.41) is -0.203. The standard InChI is InChI=1S/C23H20ClF5N4O4S/c1-38(35,33-21(34)23(27,28)29)12-13-7-15(30)10-16(8-13)36-5-2-6-37-19-9-14(25)3-4-17(19)20-18(26)11-31-22(24)32-20/h3-4,7-11H,2,5-6,12,30H2,1H3. The summed E-state index contributed by atoms with van der Waals surface area (Å²) in [6.45, 7) is 0.0902. The molecular formula is C23H20ClF5N4O4S. The first-order valence-corrected chi connectivity index (χ1v) is 13.1. The molecule has 0 aliphatic carbocycles. The molecule has 1 aromatic heterocycles. The molecule has 3 rings (SSSR count). The zero-order valence-corrected chi connectivity index (χ0v) is 21.2. The third kappa shape index (κ3) is 8.25. The lowest BCUT2D eigenvalue weighted by Crippen LogP contribution is -2.22. The molecular weight excluding hydrogens is 559 g/mol. The molecule has 2 N–H and O–H groups in total. The van der Waals surface area contributed by atoms with Gasteiger partial charge in [-0.15, -0.1) is 0 Å². The van der Waals surface area contributed by atoms with Crippen LogP contribution in [0.2, 0.25) is 5.28 Å². The molecule has 38 heavy (non-hydrogen) atoms. The minimum absolute atomic E-state index is 0.0137. The van der Waals surface area contributed by atoms with E-state index in [1.165, 1.54) is 24.3 Å². The maximum atomic E-state index is 14.2. The minimum atomic E-state index is -5.23. The number of nitrogen functional groups attached to an aromatic ring is 1. The molecule has 0 spiro atoms. The van der Waals surface area contributed by atoms with Gasteiger partial charge in [0.2, 0.25) is 5.28 Å². The van der Waals surface area contributed by atoms with Crippen molar-refractivity contribution in [2.45, 2.75) is 18.3 Å². The second kappa shape index (κ2) is 11.9. The molecule has 0 fully saturated rings. The van der Waals surface area contributed by atoms with Gasteiger partial charge in [-0.2, -0.15) is 17.5 Å². The van der Waals surface area contributed by atoms with E-state index >= 15 is 0 Å². The van der Waals surface area contributed by atoms with Gasteiger partial charge in [-0.05, 0) is 41.4 Å². The van der Waals surface area contributed by atoms with Crippen LogP contribution in [-0.4, -0.2) is 45.7 Å². The fourth-order valence-electron chi connectivity index (χ4n) is 3.20. The van der Waals surface area contributed by atoms with Crippen molar-refractivity contribution in [2.24, 2.45) is 4.36 Å². The topological polar surface area (TPSA) is 117 Å².